The van der Waals surface area contributed by atoms with E-state index in [-0.39, 0.29) is 22.4 Å². The third-order valence-electron chi connectivity index (χ3n) is 5.84. The van der Waals surface area contributed by atoms with Gasteiger partial charge in [-0.25, -0.2) is 8.42 Å². The van der Waals surface area contributed by atoms with E-state index in [9.17, 15) is 23.3 Å². The van der Waals surface area contributed by atoms with Crippen LogP contribution in [0.5, 0.6) is 0 Å². The molecule has 0 aliphatic carbocycles. The molecule has 0 aromatic heterocycles. The minimum Gasteiger partial charge on any atom is -0.341 e. The van der Waals surface area contributed by atoms with Crippen molar-refractivity contribution in [2.75, 3.05) is 60.9 Å². The number of nitro benzene ring substituents is 1. The number of carbonyl (C=O) groups excluding carboxylic acids is 1. The quantitative estimate of drug-likeness (QED) is 0.309. The Labute approximate surface area is 207 Å². The van der Waals surface area contributed by atoms with Gasteiger partial charge in [0.25, 0.3) is 5.69 Å². The van der Waals surface area contributed by atoms with Crippen LogP contribution in [0.1, 0.15) is 32.1 Å². The van der Waals surface area contributed by atoms with Crippen molar-refractivity contribution in [3.63, 3.8) is 0 Å². The fraction of sp³-hybridized carbons (Fsp3) is 0.682. The van der Waals surface area contributed by atoms with E-state index in [0.29, 0.717) is 25.9 Å². The molecule has 34 heavy (non-hydrogen) atoms. The second-order valence-corrected chi connectivity index (χ2v) is 11.4. The van der Waals surface area contributed by atoms with Crippen LogP contribution >= 0.6 is 11.6 Å². The number of hydrogen-bond acceptors (Lipinski definition) is 7. The van der Waals surface area contributed by atoms with Crippen LogP contribution in [0.3, 0.4) is 0 Å². The zero-order chi connectivity index (χ0) is 25.5. The van der Waals surface area contributed by atoms with Crippen molar-refractivity contribution in [1.82, 2.24) is 19.0 Å². The maximum atomic E-state index is 13.6. The standard InChI is InChI=1S/C22H36ClN5O5S/c1-24(2)12-7-14-26(15-8-13-25(3)4)22(29)20-9-5-6-16-27(20)34(32,33)18-10-11-19(23)21(17-18)28(30)31/h10-11,17,20H,5-9,12-16H2,1-4H3. The van der Waals surface area contributed by atoms with E-state index in [0.717, 1.165) is 38.4 Å². The van der Waals surface area contributed by atoms with E-state index in [1.54, 1.807) is 4.90 Å². The van der Waals surface area contributed by atoms with Gasteiger partial charge >= 0.3 is 0 Å². The highest BCUT2D eigenvalue weighted by molar-refractivity contribution is 7.89. The number of sulfonamides is 1. The van der Waals surface area contributed by atoms with E-state index in [1.807, 2.05) is 38.0 Å². The van der Waals surface area contributed by atoms with E-state index in [4.69, 9.17) is 11.6 Å². The minimum absolute atomic E-state index is 0.136. The molecule has 1 aromatic carbocycles. The van der Waals surface area contributed by atoms with Crippen molar-refractivity contribution in [2.45, 2.75) is 43.0 Å². The average Bonchev–Trinajstić information content (AvgIpc) is 2.77. The molecule has 1 aliphatic rings. The first-order valence-corrected chi connectivity index (χ1v) is 13.3. The van der Waals surface area contributed by atoms with Crippen LogP contribution in [-0.4, -0.2) is 105 Å². The summed E-state index contributed by atoms with van der Waals surface area (Å²) in [6.07, 6.45) is 3.35. The number of hydrogen-bond donors (Lipinski definition) is 0. The van der Waals surface area contributed by atoms with Crippen molar-refractivity contribution < 1.29 is 18.1 Å². The third kappa shape index (κ3) is 7.61. The first-order chi connectivity index (χ1) is 15.9. The molecule has 0 bridgehead atoms. The molecule has 1 heterocycles. The fourth-order valence-electron chi connectivity index (χ4n) is 4.07. The molecule has 1 amide bonds. The zero-order valence-electron chi connectivity index (χ0n) is 20.4. The van der Waals surface area contributed by atoms with Crippen molar-refractivity contribution in [3.05, 3.63) is 33.3 Å². The summed E-state index contributed by atoms with van der Waals surface area (Å²) in [7, 11) is 3.76. The third-order valence-corrected chi connectivity index (χ3v) is 8.06. The molecule has 1 aromatic rings. The lowest BCUT2D eigenvalue weighted by Gasteiger charge is -2.37. The first kappa shape index (κ1) is 28.4. The maximum absolute atomic E-state index is 13.6. The number of piperidine rings is 1. The van der Waals surface area contributed by atoms with Crippen LogP contribution in [0.25, 0.3) is 0 Å². The summed E-state index contributed by atoms with van der Waals surface area (Å²) in [6, 6.07) is 2.61. The molecule has 10 nitrogen and oxygen atoms in total. The van der Waals surface area contributed by atoms with E-state index < -0.39 is 26.7 Å². The van der Waals surface area contributed by atoms with Gasteiger partial charge in [-0.2, -0.15) is 4.31 Å². The van der Waals surface area contributed by atoms with Crippen LogP contribution in [0.4, 0.5) is 5.69 Å². The number of benzene rings is 1. The van der Waals surface area contributed by atoms with Gasteiger partial charge in [-0.3, -0.25) is 14.9 Å². The molecule has 0 radical (unpaired) electrons. The van der Waals surface area contributed by atoms with Crippen molar-refractivity contribution >= 4 is 33.2 Å². The Morgan fingerprint density at radius 3 is 2.21 bits per heavy atom. The normalized spacial score (nSPS) is 17.3. The summed E-state index contributed by atoms with van der Waals surface area (Å²) in [5.41, 5.74) is -0.475. The number of halogens is 1. The molecule has 1 saturated heterocycles. The Hall–Kier alpha value is -1.79. The molecule has 0 spiro atoms. The molecule has 0 saturated carbocycles. The highest BCUT2D eigenvalue weighted by atomic mass is 35.5. The Morgan fingerprint density at radius 1 is 1.09 bits per heavy atom. The summed E-state index contributed by atoms with van der Waals surface area (Å²) in [5.74, 6) is -0.204. The predicted octanol–water partition coefficient (Wildman–Crippen LogP) is 2.52. The summed E-state index contributed by atoms with van der Waals surface area (Å²) in [6.45, 7) is 2.91. The van der Waals surface area contributed by atoms with E-state index in [2.05, 4.69) is 0 Å². The molecular formula is C22H36ClN5O5S. The van der Waals surface area contributed by atoms with Crippen LogP contribution in [0.15, 0.2) is 23.1 Å². The molecule has 2 rings (SSSR count). The molecule has 1 fully saturated rings. The highest BCUT2D eigenvalue weighted by Gasteiger charge is 2.40. The van der Waals surface area contributed by atoms with Crippen molar-refractivity contribution in [2.24, 2.45) is 0 Å². The molecule has 0 N–H and O–H groups in total. The van der Waals surface area contributed by atoms with E-state index >= 15 is 0 Å². The van der Waals surface area contributed by atoms with Gasteiger partial charge in [-0.1, -0.05) is 18.0 Å². The molecule has 12 heteroatoms. The number of nitro groups is 1. The van der Waals surface area contributed by atoms with Gasteiger partial charge in [-0.05, 0) is 79.1 Å². The molecule has 1 unspecified atom stereocenters. The topological polar surface area (TPSA) is 107 Å². The largest absolute Gasteiger partial charge is 0.341 e. The van der Waals surface area contributed by atoms with Crippen molar-refractivity contribution in [1.29, 1.82) is 0 Å². The SMILES string of the molecule is CN(C)CCCN(CCCN(C)C)C(=O)C1CCCCN1S(=O)(=O)c1ccc(Cl)c([N+](=O)[O-])c1. The number of carbonyl (C=O) groups is 1. The van der Waals surface area contributed by atoms with Crippen molar-refractivity contribution in [3.8, 4) is 0 Å². The van der Waals surface area contributed by atoms with Gasteiger partial charge in [0.05, 0.1) is 9.82 Å². The second kappa shape index (κ2) is 12.8. The van der Waals surface area contributed by atoms with E-state index in [1.165, 1.54) is 16.4 Å². The fourth-order valence-corrected chi connectivity index (χ4v) is 5.92. The molecular weight excluding hydrogens is 482 g/mol. The van der Waals surface area contributed by atoms with Gasteiger partial charge in [0.2, 0.25) is 15.9 Å². The summed E-state index contributed by atoms with van der Waals surface area (Å²) < 4.78 is 28.2. The first-order valence-electron chi connectivity index (χ1n) is 11.5. The highest BCUT2D eigenvalue weighted by Crippen LogP contribution is 2.31. The lowest BCUT2D eigenvalue weighted by molar-refractivity contribution is -0.384. The maximum Gasteiger partial charge on any atom is 0.289 e. The Bertz CT molecular complexity index is 943. The van der Waals surface area contributed by atoms with Crippen LogP contribution in [0, 0.1) is 10.1 Å². The monoisotopic (exact) mass is 517 g/mol. The van der Waals surface area contributed by atoms with Gasteiger partial charge in [0.1, 0.15) is 11.1 Å². The summed E-state index contributed by atoms with van der Waals surface area (Å²) in [5, 5.41) is 11.1. The van der Waals surface area contributed by atoms with Crippen LogP contribution < -0.4 is 0 Å². The zero-order valence-corrected chi connectivity index (χ0v) is 22.0. The Kier molecular flexibility index (Phi) is 10.7. The Balaban J connectivity index is 2.31. The smallest absolute Gasteiger partial charge is 0.289 e. The number of nitrogens with zero attached hydrogens (tertiary/aromatic N) is 5. The molecule has 192 valence electrons. The lowest BCUT2D eigenvalue weighted by Crippen LogP contribution is -2.53. The van der Waals surface area contributed by atoms with Gasteiger partial charge < -0.3 is 14.7 Å². The van der Waals surface area contributed by atoms with Gasteiger partial charge in [-0.15, -0.1) is 0 Å². The molecule has 1 aliphatic heterocycles. The average molecular weight is 518 g/mol. The number of amides is 1. The van der Waals surface area contributed by atoms with Crippen LogP contribution in [-0.2, 0) is 14.8 Å². The summed E-state index contributed by atoms with van der Waals surface area (Å²) in [4.78, 5) is 29.8. The van der Waals surface area contributed by atoms with Gasteiger partial charge in [0, 0.05) is 25.7 Å². The second-order valence-electron chi connectivity index (χ2n) is 9.14. The minimum atomic E-state index is -4.12. The Morgan fingerprint density at radius 2 is 1.68 bits per heavy atom. The summed E-state index contributed by atoms with van der Waals surface area (Å²) >= 11 is 5.87. The predicted molar refractivity (Wildman–Crippen MR) is 133 cm³/mol. The van der Waals surface area contributed by atoms with Crippen LogP contribution in [0.2, 0.25) is 5.02 Å². The van der Waals surface area contributed by atoms with Gasteiger partial charge in [0.15, 0.2) is 0 Å². The number of rotatable bonds is 12. The lowest BCUT2D eigenvalue weighted by atomic mass is 10.0. The molecule has 1 atom stereocenters.